The summed E-state index contributed by atoms with van der Waals surface area (Å²) in [6.45, 7) is 5.92. The number of amides is 1. The van der Waals surface area contributed by atoms with E-state index in [2.05, 4.69) is 38.0 Å². The number of carbonyl (C=O) groups is 1. The normalized spacial score (nSPS) is 15.9. The molecule has 0 atom stereocenters. The summed E-state index contributed by atoms with van der Waals surface area (Å²) in [6.07, 6.45) is 1.69. The fourth-order valence-corrected chi connectivity index (χ4v) is 7.34. The van der Waals surface area contributed by atoms with Gasteiger partial charge in [0.05, 0.1) is 9.82 Å². The number of sulfonamides is 1. The first-order valence-corrected chi connectivity index (χ1v) is 18.1. The number of nitrogens with zero attached hydrogens (tertiary/aromatic N) is 3. The summed E-state index contributed by atoms with van der Waals surface area (Å²) in [5.41, 5.74) is 4.50. The molecule has 0 aliphatic carbocycles. The van der Waals surface area contributed by atoms with Crippen LogP contribution in [-0.4, -0.2) is 70.1 Å². The Morgan fingerprint density at radius 3 is 2.31 bits per heavy atom. The molecule has 0 bridgehead atoms. The van der Waals surface area contributed by atoms with Gasteiger partial charge in [-0.2, -0.15) is 0 Å². The largest absolute Gasteiger partial charge is 0.381 e. The first-order valence-electron chi connectivity index (χ1n) is 16.2. The van der Waals surface area contributed by atoms with Gasteiger partial charge >= 0.3 is 0 Å². The third-order valence-electron chi connectivity index (χ3n) is 9.06. The lowest BCUT2D eigenvalue weighted by Crippen LogP contribution is -2.46. The number of hydrogen-bond acceptors (Lipinski definition) is 9. The average molecular weight is 704 g/mol. The van der Waals surface area contributed by atoms with Gasteiger partial charge < -0.3 is 15.0 Å². The maximum absolute atomic E-state index is 13.1. The Bertz CT molecular complexity index is 1890. The zero-order chi connectivity index (χ0) is 34.4. The van der Waals surface area contributed by atoms with Crippen molar-refractivity contribution < 1.29 is 22.9 Å². The molecular formula is C36H38ClN5O6S. The predicted octanol–water partition coefficient (Wildman–Crippen LogP) is 6.19. The number of piperazine rings is 1. The van der Waals surface area contributed by atoms with Crippen LogP contribution in [0.5, 0.6) is 0 Å². The number of nitro benzene ring substituents is 1. The number of nitro groups is 1. The topological polar surface area (TPSA) is 134 Å². The third-order valence-corrected chi connectivity index (χ3v) is 10.6. The molecule has 2 fully saturated rings. The molecule has 2 aliphatic rings. The lowest BCUT2D eigenvalue weighted by molar-refractivity contribution is -0.384. The molecule has 4 aromatic carbocycles. The molecule has 0 aromatic heterocycles. The molecule has 0 unspecified atom stereocenters. The van der Waals surface area contributed by atoms with E-state index in [0.29, 0.717) is 30.7 Å². The van der Waals surface area contributed by atoms with Crippen LogP contribution in [0.15, 0.2) is 95.9 Å². The maximum atomic E-state index is 13.1. The summed E-state index contributed by atoms with van der Waals surface area (Å²) < 4.78 is 33.6. The first-order chi connectivity index (χ1) is 23.7. The molecule has 0 saturated carbocycles. The van der Waals surface area contributed by atoms with Gasteiger partial charge in [0.1, 0.15) is 5.69 Å². The number of hydrogen-bond donors (Lipinski definition) is 2. The first kappa shape index (κ1) is 34.4. The second-order valence-corrected chi connectivity index (χ2v) is 14.4. The summed E-state index contributed by atoms with van der Waals surface area (Å²) in [6, 6.07) is 26.6. The molecule has 256 valence electrons. The fraction of sp³-hybridized carbons (Fsp3) is 0.306. The monoisotopic (exact) mass is 703 g/mol. The van der Waals surface area contributed by atoms with Crippen LogP contribution in [0.4, 0.5) is 17.1 Å². The highest BCUT2D eigenvalue weighted by Gasteiger charge is 2.25. The average Bonchev–Trinajstić information content (AvgIpc) is 3.12. The van der Waals surface area contributed by atoms with E-state index in [9.17, 15) is 23.3 Å². The third kappa shape index (κ3) is 8.57. The van der Waals surface area contributed by atoms with Gasteiger partial charge in [0.2, 0.25) is 0 Å². The standard InChI is InChI=1S/C36H38ClN5O6S/c37-30-9-5-27(6-10-30)33-4-2-1-3-29(33)25-40-17-19-41(20-18-40)31-11-7-28(8-12-31)36(43)39-49(46,47)32-13-14-34(35(23-32)42(44)45)38-24-26-15-21-48-22-16-26/h1-14,23,26,38H,15-22,24-25H2,(H,39,43). The number of ether oxygens (including phenoxy) is 1. The number of nitrogens with one attached hydrogen (secondary N) is 2. The van der Waals surface area contributed by atoms with Gasteiger partial charge in [-0.15, -0.1) is 0 Å². The van der Waals surface area contributed by atoms with Crippen molar-refractivity contribution in [3.63, 3.8) is 0 Å². The van der Waals surface area contributed by atoms with Gasteiger partial charge in [-0.3, -0.25) is 19.8 Å². The number of rotatable bonds is 11. The molecule has 2 aliphatic heterocycles. The molecule has 49 heavy (non-hydrogen) atoms. The van der Waals surface area contributed by atoms with Gasteiger partial charge in [0, 0.05) is 74.8 Å². The summed E-state index contributed by atoms with van der Waals surface area (Å²) >= 11 is 6.10. The van der Waals surface area contributed by atoms with Crippen LogP contribution in [0.3, 0.4) is 0 Å². The Morgan fingerprint density at radius 1 is 0.918 bits per heavy atom. The molecule has 13 heteroatoms. The highest BCUT2D eigenvalue weighted by Crippen LogP contribution is 2.30. The van der Waals surface area contributed by atoms with Crippen molar-refractivity contribution in [2.45, 2.75) is 24.3 Å². The van der Waals surface area contributed by atoms with E-state index in [4.69, 9.17) is 16.3 Å². The Morgan fingerprint density at radius 2 is 1.61 bits per heavy atom. The van der Waals surface area contributed by atoms with Crippen molar-refractivity contribution >= 4 is 44.6 Å². The van der Waals surface area contributed by atoms with Crippen LogP contribution in [0.2, 0.25) is 5.02 Å². The second kappa shape index (κ2) is 15.4. The molecule has 11 nitrogen and oxygen atoms in total. The van der Waals surface area contributed by atoms with Gasteiger partial charge in [-0.25, -0.2) is 13.1 Å². The molecule has 0 radical (unpaired) electrons. The van der Waals surface area contributed by atoms with E-state index < -0.39 is 20.9 Å². The Hall–Kier alpha value is -4.49. The molecule has 2 saturated heterocycles. The molecular weight excluding hydrogens is 666 g/mol. The van der Waals surface area contributed by atoms with Crippen LogP contribution in [0, 0.1) is 16.0 Å². The van der Waals surface area contributed by atoms with Crippen LogP contribution in [0.25, 0.3) is 11.1 Å². The smallest absolute Gasteiger partial charge is 0.293 e. The Labute approximate surface area is 291 Å². The summed E-state index contributed by atoms with van der Waals surface area (Å²) in [5, 5.41) is 15.6. The zero-order valence-electron chi connectivity index (χ0n) is 26.9. The summed E-state index contributed by atoms with van der Waals surface area (Å²) in [7, 11) is -4.37. The van der Waals surface area contributed by atoms with Gasteiger partial charge in [0.25, 0.3) is 21.6 Å². The molecule has 1 amide bonds. The van der Waals surface area contributed by atoms with Crippen molar-refractivity contribution in [3.8, 4) is 11.1 Å². The quantitative estimate of drug-likeness (QED) is 0.138. The minimum Gasteiger partial charge on any atom is -0.381 e. The number of benzene rings is 4. The van der Waals surface area contributed by atoms with Crippen LogP contribution in [-0.2, 0) is 21.3 Å². The predicted molar refractivity (Wildman–Crippen MR) is 191 cm³/mol. The lowest BCUT2D eigenvalue weighted by Gasteiger charge is -2.36. The van der Waals surface area contributed by atoms with E-state index in [1.165, 1.54) is 23.3 Å². The number of halogens is 1. The summed E-state index contributed by atoms with van der Waals surface area (Å²) in [5.74, 6) is -0.512. The maximum Gasteiger partial charge on any atom is 0.293 e. The van der Waals surface area contributed by atoms with Crippen molar-refractivity contribution in [2.75, 3.05) is 56.2 Å². The molecule has 6 rings (SSSR count). The van der Waals surface area contributed by atoms with E-state index in [-0.39, 0.29) is 21.8 Å². The van der Waals surface area contributed by atoms with Crippen molar-refractivity contribution in [1.82, 2.24) is 9.62 Å². The summed E-state index contributed by atoms with van der Waals surface area (Å²) in [4.78, 5) is 28.4. The lowest BCUT2D eigenvalue weighted by atomic mass is 9.99. The fourth-order valence-electron chi connectivity index (χ4n) is 6.22. The zero-order valence-corrected chi connectivity index (χ0v) is 28.5. The van der Waals surface area contributed by atoms with Gasteiger partial charge in [0.15, 0.2) is 0 Å². The van der Waals surface area contributed by atoms with Crippen molar-refractivity contribution in [1.29, 1.82) is 0 Å². The van der Waals surface area contributed by atoms with E-state index in [0.717, 1.165) is 62.9 Å². The Balaban J connectivity index is 1.04. The highest BCUT2D eigenvalue weighted by atomic mass is 35.5. The minimum atomic E-state index is -4.37. The Kier molecular flexibility index (Phi) is 10.8. The minimum absolute atomic E-state index is 0.161. The van der Waals surface area contributed by atoms with E-state index in [1.807, 2.05) is 30.3 Å². The van der Waals surface area contributed by atoms with E-state index in [1.54, 1.807) is 24.3 Å². The van der Waals surface area contributed by atoms with Crippen LogP contribution >= 0.6 is 11.6 Å². The van der Waals surface area contributed by atoms with Gasteiger partial charge in [-0.1, -0.05) is 48.0 Å². The number of anilines is 2. The molecule has 2 N–H and O–H groups in total. The van der Waals surface area contributed by atoms with Crippen molar-refractivity contribution in [3.05, 3.63) is 117 Å². The second-order valence-electron chi connectivity index (χ2n) is 12.3. The van der Waals surface area contributed by atoms with Crippen LogP contribution < -0.4 is 14.9 Å². The van der Waals surface area contributed by atoms with Gasteiger partial charge in [-0.05, 0) is 84.0 Å². The SMILES string of the molecule is O=C(NS(=O)(=O)c1ccc(NCC2CCOCC2)c([N+](=O)[O-])c1)c1ccc(N2CCN(Cc3ccccc3-c3ccc(Cl)cc3)CC2)cc1. The number of carbonyl (C=O) groups excluding carboxylic acids is 1. The van der Waals surface area contributed by atoms with Crippen molar-refractivity contribution in [2.24, 2.45) is 5.92 Å². The highest BCUT2D eigenvalue weighted by molar-refractivity contribution is 7.90. The van der Waals surface area contributed by atoms with Crippen LogP contribution in [0.1, 0.15) is 28.8 Å². The molecule has 0 spiro atoms. The van der Waals surface area contributed by atoms with E-state index >= 15 is 0 Å². The molecule has 4 aromatic rings. The molecule has 2 heterocycles.